The van der Waals surface area contributed by atoms with Gasteiger partial charge in [-0.1, -0.05) is 17.7 Å². The monoisotopic (exact) mass is 292 g/mol. The fourth-order valence-electron chi connectivity index (χ4n) is 1.90. The zero-order valence-electron chi connectivity index (χ0n) is 11.0. The van der Waals surface area contributed by atoms with E-state index in [-0.39, 0.29) is 10.6 Å². The summed E-state index contributed by atoms with van der Waals surface area (Å²) < 4.78 is 10.5. The zero-order valence-corrected chi connectivity index (χ0v) is 11.8. The maximum atomic E-state index is 11.1. The van der Waals surface area contributed by atoms with Gasteiger partial charge in [-0.05, 0) is 35.9 Å². The molecule has 0 aliphatic rings. The molecule has 2 aromatic rings. The molecule has 1 N–H and O–H groups in total. The summed E-state index contributed by atoms with van der Waals surface area (Å²) >= 11 is 5.87. The number of carbonyl (C=O) groups is 1. The number of hydrogen-bond acceptors (Lipinski definition) is 3. The molecule has 0 aromatic heterocycles. The van der Waals surface area contributed by atoms with Crippen LogP contribution in [0.3, 0.4) is 0 Å². The average molecular weight is 293 g/mol. The molecule has 0 aliphatic carbocycles. The third kappa shape index (κ3) is 2.70. The van der Waals surface area contributed by atoms with Crippen LogP contribution in [0.1, 0.15) is 10.4 Å². The lowest BCUT2D eigenvalue weighted by Gasteiger charge is -2.11. The topological polar surface area (TPSA) is 55.8 Å². The Morgan fingerprint density at radius 3 is 2.45 bits per heavy atom. The Kier molecular flexibility index (Phi) is 4.15. The lowest BCUT2D eigenvalue weighted by molar-refractivity contribution is 0.0697. The number of ether oxygens (including phenoxy) is 2. The maximum Gasteiger partial charge on any atom is 0.337 e. The summed E-state index contributed by atoms with van der Waals surface area (Å²) in [6.45, 7) is 0. The highest BCUT2D eigenvalue weighted by Crippen LogP contribution is 2.35. The van der Waals surface area contributed by atoms with E-state index in [0.29, 0.717) is 17.1 Å². The molecule has 0 radical (unpaired) electrons. The minimum absolute atomic E-state index is 0.0500. The van der Waals surface area contributed by atoms with Gasteiger partial charge < -0.3 is 14.6 Å². The molecule has 0 heterocycles. The summed E-state index contributed by atoms with van der Waals surface area (Å²) in [6, 6.07) is 10.1. The van der Waals surface area contributed by atoms with E-state index >= 15 is 0 Å². The normalized spacial score (nSPS) is 10.2. The van der Waals surface area contributed by atoms with Gasteiger partial charge in [0.1, 0.15) is 11.5 Å². The summed E-state index contributed by atoms with van der Waals surface area (Å²) in [5.41, 5.74) is 1.49. The Morgan fingerprint density at radius 1 is 1.10 bits per heavy atom. The van der Waals surface area contributed by atoms with Gasteiger partial charge in [0.25, 0.3) is 0 Å². The Labute approximate surface area is 121 Å². The summed E-state index contributed by atoms with van der Waals surface area (Å²) in [5, 5.41) is 9.32. The quantitative estimate of drug-likeness (QED) is 0.933. The average Bonchev–Trinajstić information content (AvgIpc) is 2.46. The van der Waals surface area contributed by atoms with Crippen molar-refractivity contribution in [2.45, 2.75) is 0 Å². The molecule has 0 atom stereocenters. The fraction of sp³-hybridized carbons (Fsp3) is 0.133. The first-order valence-electron chi connectivity index (χ1n) is 5.82. The highest BCUT2D eigenvalue weighted by atomic mass is 35.5. The second-order valence-corrected chi connectivity index (χ2v) is 4.47. The van der Waals surface area contributed by atoms with Crippen LogP contribution in [0.5, 0.6) is 11.5 Å². The number of methoxy groups -OCH3 is 2. The summed E-state index contributed by atoms with van der Waals surface area (Å²) in [6.07, 6.45) is 0. The van der Waals surface area contributed by atoms with Gasteiger partial charge in [-0.15, -0.1) is 0 Å². The summed E-state index contributed by atoms with van der Waals surface area (Å²) in [7, 11) is 3.12. The number of hydrogen-bond donors (Lipinski definition) is 1. The van der Waals surface area contributed by atoms with Gasteiger partial charge in [-0.3, -0.25) is 0 Å². The molecule has 0 bridgehead atoms. The van der Waals surface area contributed by atoms with Crippen molar-refractivity contribution in [3.05, 3.63) is 47.0 Å². The number of carboxylic acid groups (broad SMARTS) is 1. The molecule has 0 unspecified atom stereocenters. The molecular formula is C15H13ClO4. The molecule has 104 valence electrons. The van der Waals surface area contributed by atoms with Gasteiger partial charge in [0, 0.05) is 5.56 Å². The molecule has 0 fully saturated rings. The third-order valence-corrected chi connectivity index (χ3v) is 3.24. The number of aromatic carboxylic acids is 1. The van der Waals surface area contributed by atoms with Gasteiger partial charge in [0.05, 0.1) is 24.8 Å². The van der Waals surface area contributed by atoms with Crippen LogP contribution >= 0.6 is 11.6 Å². The van der Waals surface area contributed by atoms with Crippen LogP contribution in [-0.2, 0) is 0 Å². The summed E-state index contributed by atoms with van der Waals surface area (Å²) in [4.78, 5) is 11.1. The highest BCUT2D eigenvalue weighted by Gasteiger charge is 2.13. The van der Waals surface area contributed by atoms with Gasteiger partial charge in [0.15, 0.2) is 0 Å². The minimum Gasteiger partial charge on any atom is -0.497 e. The predicted molar refractivity (Wildman–Crippen MR) is 77.0 cm³/mol. The molecule has 2 rings (SSSR count). The van der Waals surface area contributed by atoms with Crippen LogP contribution < -0.4 is 9.47 Å². The molecule has 0 amide bonds. The predicted octanol–water partition coefficient (Wildman–Crippen LogP) is 3.72. The van der Waals surface area contributed by atoms with Crippen LogP contribution in [0.15, 0.2) is 36.4 Å². The number of rotatable bonds is 4. The van der Waals surface area contributed by atoms with Crippen LogP contribution in [0, 0.1) is 0 Å². The van der Waals surface area contributed by atoms with Gasteiger partial charge in [-0.25, -0.2) is 4.79 Å². The third-order valence-electron chi connectivity index (χ3n) is 2.91. The molecular weight excluding hydrogens is 280 g/mol. The van der Waals surface area contributed by atoms with Gasteiger partial charge >= 0.3 is 5.97 Å². The molecule has 20 heavy (non-hydrogen) atoms. The van der Waals surface area contributed by atoms with Gasteiger partial charge in [0.2, 0.25) is 0 Å². The van der Waals surface area contributed by atoms with Crippen LogP contribution in [0.4, 0.5) is 0 Å². The van der Waals surface area contributed by atoms with Crippen molar-refractivity contribution in [3.63, 3.8) is 0 Å². The van der Waals surface area contributed by atoms with E-state index in [0.717, 1.165) is 5.56 Å². The van der Waals surface area contributed by atoms with Crippen LogP contribution in [0.25, 0.3) is 11.1 Å². The van der Waals surface area contributed by atoms with Crippen molar-refractivity contribution in [3.8, 4) is 22.6 Å². The number of carboxylic acids is 1. The van der Waals surface area contributed by atoms with Crippen molar-refractivity contribution >= 4 is 17.6 Å². The van der Waals surface area contributed by atoms with E-state index in [2.05, 4.69) is 0 Å². The zero-order chi connectivity index (χ0) is 14.7. The Balaban J connectivity index is 2.61. The Bertz CT molecular complexity index is 652. The lowest BCUT2D eigenvalue weighted by atomic mass is 10.0. The van der Waals surface area contributed by atoms with E-state index in [9.17, 15) is 4.79 Å². The molecule has 2 aromatic carbocycles. The molecule has 0 spiro atoms. The first-order chi connectivity index (χ1) is 9.56. The van der Waals surface area contributed by atoms with E-state index in [1.807, 2.05) is 0 Å². The Hall–Kier alpha value is -2.20. The first-order valence-corrected chi connectivity index (χ1v) is 6.20. The maximum absolute atomic E-state index is 11.1. The number of halogens is 1. The van der Waals surface area contributed by atoms with E-state index < -0.39 is 5.97 Å². The molecule has 0 saturated heterocycles. The second-order valence-electron chi connectivity index (χ2n) is 4.07. The SMILES string of the molecule is COc1ccc(OC)c(-c2ccc(Cl)c(C(=O)O)c2)c1. The van der Waals surface area contributed by atoms with Crippen molar-refractivity contribution in [2.24, 2.45) is 0 Å². The van der Waals surface area contributed by atoms with Crippen LogP contribution in [0.2, 0.25) is 5.02 Å². The van der Waals surface area contributed by atoms with Crippen molar-refractivity contribution in [1.82, 2.24) is 0 Å². The van der Waals surface area contributed by atoms with Crippen molar-refractivity contribution in [2.75, 3.05) is 14.2 Å². The first kappa shape index (κ1) is 14.2. The van der Waals surface area contributed by atoms with Crippen molar-refractivity contribution < 1.29 is 19.4 Å². The Morgan fingerprint density at radius 2 is 1.85 bits per heavy atom. The molecule has 5 heteroatoms. The lowest BCUT2D eigenvalue weighted by Crippen LogP contribution is -1.98. The second kappa shape index (κ2) is 5.84. The molecule has 4 nitrogen and oxygen atoms in total. The molecule has 0 saturated carbocycles. The smallest absolute Gasteiger partial charge is 0.337 e. The minimum atomic E-state index is -1.07. The standard InChI is InChI=1S/C15H13ClO4/c1-19-10-4-6-14(20-2)11(8-10)9-3-5-13(16)12(7-9)15(17)18/h3-8H,1-2H3,(H,17,18). The largest absolute Gasteiger partial charge is 0.497 e. The van der Waals surface area contributed by atoms with E-state index in [1.54, 1.807) is 44.6 Å². The van der Waals surface area contributed by atoms with Crippen LogP contribution in [-0.4, -0.2) is 25.3 Å². The number of benzene rings is 2. The fourth-order valence-corrected chi connectivity index (χ4v) is 2.09. The highest BCUT2D eigenvalue weighted by molar-refractivity contribution is 6.33. The van der Waals surface area contributed by atoms with Crippen molar-refractivity contribution in [1.29, 1.82) is 0 Å². The summed E-state index contributed by atoms with van der Waals surface area (Å²) in [5.74, 6) is 0.218. The van der Waals surface area contributed by atoms with E-state index in [4.69, 9.17) is 26.2 Å². The molecule has 0 aliphatic heterocycles. The van der Waals surface area contributed by atoms with Gasteiger partial charge in [-0.2, -0.15) is 0 Å². The van der Waals surface area contributed by atoms with E-state index in [1.165, 1.54) is 6.07 Å².